The number of unbranched alkanes of at least 4 members (excludes halogenated alkanes) is 56. The van der Waals surface area contributed by atoms with Gasteiger partial charge >= 0.3 is 5.97 Å². The standard InChI is InChI=1S/C76H147NO5/c1-3-5-7-9-11-13-15-16-17-39-42-45-49-52-56-60-64-68-74(79)73(72-78)77-75(80)69-65-61-57-53-50-46-43-40-37-35-33-31-29-27-25-23-21-19-18-20-22-24-26-28-30-32-34-36-38-41-44-47-51-55-59-63-67-71-82-76(81)70-66-62-58-54-48-14-12-10-8-6-4-2/h10,12,18,20,73-74,78-79H,3-9,11,13-17,19,21-72H2,1-2H3,(H,77,80)/b12-10-,20-18-. The summed E-state index contributed by atoms with van der Waals surface area (Å²) >= 11 is 0. The first kappa shape index (κ1) is 80.3. The van der Waals surface area contributed by atoms with Gasteiger partial charge in [-0.3, -0.25) is 9.59 Å². The molecular formula is C76H147NO5. The fourth-order valence-electron chi connectivity index (χ4n) is 12.0. The molecule has 486 valence electrons. The van der Waals surface area contributed by atoms with Crippen LogP contribution in [0.25, 0.3) is 0 Å². The quantitative estimate of drug-likeness (QED) is 0.0320. The Morgan fingerprint density at radius 3 is 0.902 bits per heavy atom. The molecule has 0 saturated carbocycles. The molecule has 0 radical (unpaired) electrons. The van der Waals surface area contributed by atoms with E-state index in [9.17, 15) is 19.8 Å². The Balaban J connectivity index is 3.33. The maximum atomic E-state index is 12.5. The Morgan fingerprint density at radius 2 is 0.585 bits per heavy atom. The molecule has 2 atom stereocenters. The third kappa shape index (κ3) is 67.5. The van der Waals surface area contributed by atoms with Gasteiger partial charge in [-0.15, -0.1) is 0 Å². The van der Waals surface area contributed by atoms with Gasteiger partial charge < -0.3 is 20.3 Å². The second-order valence-corrected chi connectivity index (χ2v) is 26.0. The van der Waals surface area contributed by atoms with Crippen LogP contribution in [0, 0.1) is 0 Å². The molecule has 0 rings (SSSR count). The van der Waals surface area contributed by atoms with Crippen molar-refractivity contribution in [3.63, 3.8) is 0 Å². The highest BCUT2D eigenvalue weighted by molar-refractivity contribution is 5.76. The van der Waals surface area contributed by atoms with Crippen LogP contribution in [0.2, 0.25) is 0 Å². The highest BCUT2D eigenvalue weighted by atomic mass is 16.5. The fraction of sp³-hybridized carbons (Fsp3) is 0.921. The van der Waals surface area contributed by atoms with Gasteiger partial charge in [0, 0.05) is 12.8 Å². The number of hydrogen-bond acceptors (Lipinski definition) is 5. The molecule has 0 fully saturated rings. The summed E-state index contributed by atoms with van der Waals surface area (Å²) in [7, 11) is 0. The number of ether oxygens (including phenoxy) is 1. The molecule has 0 aromatic rings. The number of carbonyl (C=O) groups excluding carboxylic acids is 2. The monoisotopic (exact) mass is 1150 g/mol. The smallest absolute Gasteiger partial charge is 0.305 e. The number of aliphatic hydroxyl groups excluding tert-OH is 2. The Kier molecular flexibility index (Phi) is 70.4. The number of nitrogens with one attached hydrogen (secondary N) is 1. The third-order valence-electron chi connectivity index (χ3n) is 17.7. The Morgan fingerprint density at radius 1 is 0.329 bits per heavy atom. The molecule has 6 nitrogen and oxygen atoms in total. The summed E-state index contributed by atoms with van der Waals surface area (Å²) in [5, 5.41) is 23.4. The molecule has 0 saturated heterocycles. The summed E-state index contributed by atoms with van der Waals surface area (Å²) < 4.78 is 5.47. The van der Waals surface area contributed by atoms with E-state index in [2.05, 4.69) is 43.5 Å². The maximum Gasteiger partial charge on any atom is 0.305 e. The van der Waals surface area contributed by atoms with Gasteiger partial charge in [0.1, 0.15) is 0 Å². The van der Waals surface area contributed by atoms with Gasteiger partial charge in [0.05, 0.1) is 25.4 Å². The van der Waals surface area contributed by atoms with Gasteiger partial charge in [-0.05, 0) is 70.6 Å². The summed E-state index contributed by atoms with van der Waals surface area (Å²) in [4.78, 5) is 24.5. The van der Waals surface area contributed by atoms with Crippen LogP contribution in [0.1, 0.15) is 425 Å². The van der Waals surface area contributed by atoms with Crippen LogP contribution in [0.15, 0.2) is 24.3 Å². The highest BCUT2D eigenvalue weighted by Gasteiger charge is 2.20. The second kappa shape index (κ2) is 71.8. The van der Waals surface area contributed by atoms with Gasteiger partial charge in [0.2, 0.25) is 5.91 Å². The number of aliphatic hydroxyl groups is 2. The van der Waals surface area contributed by atoms with Crippen molar-refractivity contribution in [3.8, 4) is 0 Å². The van der Waals surface area contributed by atoms with Crippen LogP contribution < -0.4 is 5.32 Å². The van der Waals surface area contributed by atoms with Gasteiger partial charge in [-0.1, -0.05) is 366 Å². The molecule has 2 unspecified atom stereocenters. The average Bonchev–Trinajstić information content (AvgIpc) is 3.48. The first-order valence-corrected chi connectivity index (χ1v) is 37.6. The Hall–Kier alpha value is -1.66. The highest BCUT2D eigenvalue weighted by Crippen LogP contribution is 2.19. The molecule has 0 aliphatic heterocycles. The number of hydrogen-bond donors (Lipinski definition) is 3. The minimum absolute atomic E-state index is 0.0109. The summed E-state index contributed by atoms with van der Waals surface area (Å²) in [5.74, 6) is -0.0161. The molecule has 0 aromatic heterocycles. The lowest BCUT2D eigenvalue weighted by Gasteiger charge is -2.22. The number of esters is 1. The molecule has 3 N–H and O–H groups in total. The van der Waals surface area contributed by atoms with E-state index in [1.165, 1.54) is 347 Å². The van der Waals surface area contributed by atoms with Gasteiger partial charge in [-0.25, -0.2) is 0 Å². The van der Waals surface area contributed by atoms with Crippen LogP contribution in [-0.4, -0.2) is 47.4 Å². The van der Waals surface area contributed by atoms with E-state index in [-0.39, 0.29) is 18.5 Å². The Bertz CT molecular complexity index is 1280. The predicted molar refractivity (Wildman–Crippen MR) is 361 cm³/mol. The first-order chi connectivity index (χ1) is 40.5. The van der Waals surface area contributed by atoms with Crippen molar-refractivity contribution in [2.45, 2.75) is 437 Å². The zero-order valence-electron chi connectivity index (χ0n) is 55.8. The maximum absolute atomic E-state index is 12.5. The van der Waals surface area contributed by atoms with Crippen LogP contribution >= 0.6 is 0 Å². The number of carbonyl (C=O) groups is 2. The van der Waals surface area contributed by atoms with E-state index in [4.69, 9.17) is 4.74 Å². The summed E-state index contributed by atoms with van der Waals surface area (Å²) in [5.41, 5.74) is 0. The number of amides is 1. The lowest BCUT2D eigenvalue weighted by Crippen LogP contribution is -2.45. The topological polar surface area (TPSA) is 95.9 Å². The molecule has 82 heavy (non-hydrogen) atoms. The molecule has 0 spiro atoms. The molecule has 0 aliphatic rings. The normalized spacial score (nSPS) is 12.6. The summed E-state index contributed by atoms with van der Waals surface area (Å²) in [6.07, 6.45) is 91.2. The average molecular weight is 1160 g/mol. The largest absolute Gasteiger partial charge is 0.466 e. The van der Waals surface area contributed by atoms with Crippen molar-refractivity contribution < 1.29 is 24.5 Å². The number of allylic oxidation sites excluding steroid dienone is 4. The molecule has 0 aliphatic carbocycles. The Labute approximate surface area is 513 Å². The van der Waals surface area contributed by atoms with E-state index in [0.717, 1.165) is 44.9 Å². The molecular weight excluding hydrogens is 1010 g/mol. The SMILES string of the molecule is CCCC/C=C\CCCCCCCC(=O)OCCCCCCCCCCCCCCCCCC/C=C\CCCCCCCCCCCCCCCCCCCC(=O)NC(CO)C(O)CCCCCCCCCCCCCCCCCCC. The fourth-order valence-corrected chi connectivity index (χ4v) is 12.0. The zero-order chi connectivity index (χ0) is 59.2. The van der Waals surface area contributed by atoms with Crippen molar-refractivity contribution in [1.29, 1.82) is 0 Å². The second-order valence-electron chi connectivity index (χ2n) is 26.0. The zero-order valence-corrected chi connectivity index (χ0v) is 55.8. The molecule has 0 aromatic carbocycles. The van der Waals surface area contributed by atoms with E-state index in [1.807, 2.05) is 0 Å². The molecule has 6 heteroatoms. The van der Waals surface area contributed by atoms with Crippen LogP contribution in [-0.2, 0) is 14.3 Å². The summed E-state index contributed by atoms with van der Waals surface area (Å²) in [6.45, 7) is 4.96. The lowest BCUT2D eigenvalue weighted by atomic mass is 10.0. The van der Waals surface area contributed by atoms with Crippen molar-refractivity contribution in [2.24, 2.45) is 0 Å². The third-order valence-corrected chi connectivity index (χ3v) is 17.7. The van der Waals surface area contributed by atoms with Crippen LogP contribution in [0.4, 0.5) is 0 Å². The predicted octanol–water partition coefficient (Wildman–Crippen LogP) is 24.5. The lowest BCUT2D eigenvalue weighted by molar-refractivity contribution is -0.143. The van der Waals surface area contributed by atoms with Crippen LogP contribution in [0.3, 0.4) is 0 Å². The van der Waals surface area contributed by atoms with Crippen molar-refractivity contribution in [3.05, 3.63) is 24.3 Å². The van der Waals surface area contributed by atoms with E-state index in [0.29, 0.717) is 25.9 Å². The van der Waals surface area contributed by atoms with Gasteiger partial charge in [0.25, 0.3) is 0 Å². The van der Waals surface area contributed by atoms with Crippen LogP contribution in [0.5, 0.6) is 0 Å². The number of rotatable bonds is 71. The van der Waals surface area contributed by atoms with E-state index in [1.54, 1.807) is 0 Å². The minimum atomic E-state index is -0.661. The van der Waals surface area contributed by atoms with Crippen molar-refractivity contribution in [2.75, 3.05) is 13.2 Å². The van der Waals surface area contributed by atoms with Crippen molar-refractivity contribution in [1.82, 2.24) is 5.32 Å². The van der Waals surface area contributed by atoms with Crippen molar-refractivity contribution >= 4 is 11.9 Å². The first-order valence-electron chi connectivity index (χ1n) is 37.6. The molecule has 1 amide bonds. The summed E-state index contributed by atoms with van der Waals surface area (Å²) in [6, 6.07) is -0.538. The van der Waals surface area contributed by atoms with Gasteiger partial charge in [0.15, 0.2) is 0 Å². The molecule has 0 heterocycles. The van der Waals surface area contributed by atoms with E-state index >= 15 is 0 Å². The van der Waals surface area contributed by atoms with Gasteiger partial charge in [-0.2, -0.15) is 0 Å². The van der Waals surface area contributed by atoms with E-state index < -0.39 is 12.1 Å². The minimum Gasteiger partial charge on any atom is -0.466 e. The molecule has 0 bridgehead atoms.